The molecule has 4 aromatic heterocycles. The van der Waals surface area contributed by atoms with Gasteiger partial charge in [-0.15, -0.1) is 0 Å². The molecule has 0 radical (unpaired) electrons. The minimum absolute atomic E-state index is 0.00338. The topological polar surface area (TPSA) is 49.8 Å². The summed E-state index contributed by atoms with van der Waals surface area (Å²) < 4.78 is 14.1. The van der Waals surface area contributed by atoms with Crippen LogP contribution in [-0.2, 0) is 37.2 Å². The number of aryl methyl sites for hydroxylation is 2. The number of hydrogen-bond donors (Lipinski definition) is 0. The van der Waals surface area contributed by atoms with Crippen molar-refractivity contribution in [2.45, 2.75) is 59.3 Å². The molecule has 47 heavy (non-hydrogen) atoms. The molecule has 7 aromatic rings. The van der Waals surface area contributed by atoms with Crippen molar-refractivity contribution in [2.24, 2.45) is 12.5 Å². The maximum absolute atomic E-state index is 6.46. The Balaban J connectivity index is 1.30. The van der Waals surface area contributed by atoms with Crippen molar-refractivity contribution in [2.75, 3.05) is 0 Å². The summed E-state index contributed by atoms with van der Waals surface area (Å²) in [5, 5.41) is 2.32. The molecule has 0 N–H and O–H groups in total. The Labute approximate surface area is 286 Å². The molecule has 0 aliphatic heterocycles. The summed E-state index contributed by atoms with van der Waals surface area (Å²) in [6.45, 7) is 16.5. The first-order valence-electron chi connectivity index (χ1n) is 16.0. The van der Waals surface area contributed by atoms with Crippen molar-refractivity contribution in [3.05, 3.63) is 112 Å². The molecular weight excluding hydrogens is 762 g/mol. The van der Waals surface area contributed by atoms with Crippen LogP contribution in [0.5, 0.6) is 11.5 Å². The van der Waals surface area contributed by atoms with Gasteiger partial charge in [-0.25, -0.2) is 0 Å². The summed E-state index contributed by atoms with van der Waals surface area (Å²) in [7, 11) is 2.07. The summed E-state index contributed by atoms with van der Waals surface area (Å²) in [4.78, 5) is 9.39. The molecule has 0 saturated heterocycles. The number of imidazole rings is 1. The number of pyridine rings is 2. The van der Waals surface area contributed by atoms with E-state index >= 15 is 0 Å². The van der Waals surface area contributed by atoms with Crippen LogP contribution in [0.4, 0.5) is 0 Å². The van der Waals surface area contributed by atoms with Gasteiger partial charge in [0.2, 0.25) is 0 Å². The van der Waals surface area contributed by atoms with Crippen LogP contribution in [0.25, 0.3) is 44.3 Å². The van der Waals surface area contributed by atoms with Crippen molar-refractivity contribution in [1.82, 2.24) is 23.7 Å². The van der Waals surface area contributed by atoms with Gasteiger partial charge in [0.1, 0.15) is 0 Å². The van der Waals surface area contributed by atoms with Gasteiger partial charge in [0.25, 0.3) is 0 Å². The fraction of sp³-hybridized carbons (Fsp3) is 0.275. The molecule has 1 aliphatic rings. The Morgan fingerprint density at radius 3 is 2.21 bits per heavy atom. The number of nitrogens with zero attached hydrogens (tertiary/aromatic N) is 5. The minimum atomic E-state index is -0.0207. The molecule has 4 heterocycles. The second-order valence-electron chi connectivity index (χ2n) is 14.4. The van der Waals surface area contributed by atoms with Gasteiger partial charge in [0.05, 0.1) is 0 Å². The van der Waals surface area contributed by atoms with Crippen molar-refractivity contribution in [3.63, 3.8) is 0 Å². The van der Waals surface area contributed by atoms with Crippen LogP contribution in [0, 0.1) is 28.3 Å². The van der Waals surface area contributed by atoms with E-state index in [4.69, 9.17) is 9.72 Å². The Morgan fingerprint density at radius 2 is 1.47 bits per heavy atom. The Morgan fingerprint density at radius 1 is 0.745 bits per heavy atom. The third-order valence-electron chi connectivity index (χ3n) is 11.4. The molecular formula is C40H37N5OPt-2. The van der Waals surface area contributed by atoms with Gasteiger partial charge in [-0.05, 0) is 45.9 Å². The molecule has 0 fully saturated rings. The molecule has 0 unspecified atom stereocenters. The van der Waals surface area contributed by atoms with Crippen molar-refractivity contribution in [3.8, 4) is 23.0 Å². The summed E-state index contributed by atoms with van der Waals surface area (Å²) >= 11 is 2.34. The van der Waals surface area contributed by atoms with E-state index in [0.717, 1.165) is 48.3 Å². The Kier molecular flexibility index (Phi) is 6.47. The fourth-order valence-electron chi connectivity index (χ4n) is 7.54. The van der Waals surface area contributed by atoms with E-state index in [1.165, 1.54) is 16.5 Å². The van der Waals surface area contributed by atoms with Gasteiger partial charge >= 0.3 is 194 Å². The van der Waals surface area contributed by atoms with Gasteiger partial charge < -0.3 is 0 Å². The molecule has 8 rings (SSSR count). The first-order chi connectivity index (χ1) is 22.3. The van der Waals surface area contributed by atoms with E-state index in [-0.39, 0.29) is 16.2 Å². The van der Waals surface area contributed by atoms with Gasteiger partial charge in [0, 0.05) is 6.20 Å². The summed E-state index contributed by atoms with van der Waals surface area (Å²) in [6, 6.07) is 28.6. The smallest absolute Gasteiger partial charge is 0.0582 e. The van der Waals surface area contributed by atoms with Gasteiger partial charge in [-0.1, -0.05) is 41.5 Å². The normalized spacial score (nSPS) is 16.3. The van der Waals surface area contributed by atoms with Gasteiger partial charge in [-0.3, -0.25) is 0 Å². The average Bonchev–Trinajstić information content (AvgIpc) is 3.53. The zero-order chi connectivity index (χ0) is 33.0. The van der Waals surface area contributed by atoms with E-state index in [9.17, 15) is 0 Å². The second kappa shape index (κ2) is 10.1. The Bertz CT molecular complexity index is 2480. The molecule has 0 saturated carbocycles. The number of para-hydroxylation sites is 2. The number of ether oxygens (including phenoxy) is 1. The van der Waals surface area contributed by atoms with Crippen LogP contribution in [0.2, 0.25) is 0 Å². The van der Waals surface area contributed by atoms with Crippen LogP contribution in [0.15, 0.2) is 79.3 Å². The van der Waals surface area contributed by atoms with Gasteiger partial charge in [0.15, 0.2) is 0 Å². The van der Waals surface area contributed by atoms with Crippen LogP contribution in [-0.4, -0.2) is 23.7 Å². The number of rotatable bonds is 4. The van der Waals surface area contributed by atoms with Crippen molar-refractivity contribution >= 4 is 32.8 Å². The molecule has 0 amide bonds. The van der Waals surface area contributed by atoms with Crippen LogP contribution in [0.3, 0.4) is 0 Å². The Hall–Kier alpha value is -4.28. The van der Waals surface area contributed by atoms with Crippen molar-refractivity contribution < 1.29 is 24.1 Å². The predicted molar refractivity (Wildman–Crippen MR) is 184 cm³/mol. The number of aromatic nitrogens is 5. The molecule has 0 spiro atoms. The average molecular weight is 799 g/mol. The monoisotopic (exact) mass is 798 g/mol. The minimum Gasteiger partial charge on any atom is -0.0582 e. The zero-order valence-corrected chi connectivity index (χ0v) is 30.2. The predicted octanol–water partition coefficient (Wildman–Crippen LogP) is 9.23. The summed E-state index contributed by atoms with van der Waals surface area (Å²) in [6.07, 6.45) is 5.40. The van der Waals surface area contributed by atoms with Crippen LogP contribution < -0.4 is 4.74 Å². The third kappa shape index (κ3) is 4.16. The molecule has 0 atom stereocenters. The molecule has 7 heteroatoms. The van der Waals surface area contributed by atoms with Crippen LogP contribution >= 0.6 is 0 Å². The summed E-state index contributed by atoms with van der Waals surface area (Å²) in [5.74, 6) is 1.98. The van der Waals surface area contributed by atoms with E-state index in [0.29, 0.717) is 11.5 Å². The second-order valence-corrected chi connectivity index (χ2v) is 15.4. The van der Waals surface area contributed by atoms with E-state index in [1.54, 1.807) is 6.20 Å². The number of hydrogen-bond acceptors (Lipinski definition) is 3. The van der Waals surface area contributed by atoms with E-state index in [2.05, 4.69) is 148 Å². The number of fused-ring (bicyclic) bond motifs is 5. The number of benzene rings is 3. The van der Waals surface area contributed by atoms with Crippen LogP contribution in [0.1, 0.15) is 58.2 Å². The standard InChI is InChI=1S/C40H37N5O.Pt/c1-25-15-16-42-37(17-25)45-35-19-27(46-28-18-26(22-41-23-28)44-24-43(8)33-11-9-10-12-34(33)44)13-14-29(35)30-20-31-32(21-36(30)45)39(4,5)40(6,7)38(31,2)3;/h9-17,20-23H,1-8H3;/q-2;. The molecule has 240 valence electrons. The third-order valence-corrected chi connectivity index (χ3v) is 12.7. The zero-order valence-electron chi connectivity index (χ0n) is 28.0. The quantitative estimate of drug-likeness (QED) is 0.167. The first-order valence-corrected chi connectivity index (χ1v) is 17.1. The molecule has 3 aromatic carbocycles. The maximum atomic E-state index is 6.46. The SMILES string of the molecule is Cc1ccnc(-n2c3[c-]c(Oc4[c-]c(-n5[c](=[Pt])n(C)c6ccccc65)cnc4)ccc3c3cc4c(cc32)C(C)(C)C(C)(C)C4(C)C)c1. The first kappa shape index (κ1) is 30.1. The van der Waals surface area contributed by atoms with Gasteiger partial charge in [-0.2, -0.15) is 0 Å². The fourth-order valence-corrected chi connectivity index (χ4v) is 8.36. The van der Waals surface area contributed by atoms with Crippen molar-refractivity contribution in [1.29, 1.82) is 0 Å². The molecule has 0 bridgehead atoms. The molecule has 6 nitrogen and oxygen atoms in total. The molecule has 1 aliphatic carbocycles. The van der Waals surface area contributed by atoms with E-state index in [1.807, 2.05) is 30.6 Å². The summed E-state index contributed by atoms with van der Waals surface area (Å²) in [5.41, 5.74) is 9.09. The van der Waals surface area contributed by atoms with E-state index < -0.39 is 0 Å².